The summed E-state index contributed by atoms with van der Waals surface area (Å²) < 4.78 is 49.9. The highest BCUT2D eigenvalue weighted by atomic mass is 79.9. The smallest absolute Gasteiger partial charge is 0.229 e. The first-order chi connectivity index (χ1) is 8.70. The molecule has 0 saturated carbocycles. The molecule has 1 fully saturated rings. The minimum Gasteiger partial charge on any atom is -0.229 e. The van der Waals surface area contributed by atoms with Gasteiger partial charge in [-0.2, -0.15) is 0 Å². The maximum absolute atomic E-state index is 12.1. The molecule has 0 amide bonds. The van der Waals surface area contributed by atoms with Gasteiger partial charge in [-0.15, -0.1) is 0 Å². The molecule has 1 atom stereocenters. The predicted octanol–water partition coefficient (Wildman–Crippen LogP) is 1.57. The van der Waals surface area contributed by atoms with Gasteiger partial charge in [-0.05, 0) is 24.6 Å². The van der Waals surface area contributed by atoms with Gasteiger partial charge in [0.15, 0.2) is 9.84 Å². The fourth-order valence-electron chi connectivity index (χ4n) is 1.86. The molecule has 1 saturated heterocycles. The molecule has 1 N–H and O–H groups in total. The summed E-state index contributed by atoms with van der Waals surface area (Å²) in [6, 6.07) is 3.82. The van der Waals surface area contributed by atoms with Gasteiger partial charge < -0.3 is 0 Å². The molecular weight excluding hydrogens is 378 g/mol. The van der Waals surface area contributed by atoms with Crippen molar-refractivity contribution in [2.45, 2.75) is 17.4 Å². The van der Waals surface area contributed by atoms with Crippen molar-refractivity contribution in [2.24, 2.45) is 0 Å². The number of hydrogen-bond acceptors (Lipinski definition) is 4. The molecule has 2 rings (SSSR count). The molecule has 1 aliphatic rings. The Morgan fingerprint density at radius 1 is 1.37 bits per heavy atom. The van der Waals surface area contributed by atoms with Gasteiger partial charge in [-0.1, -0.05) is 27.5 Å². The molecule has 1 aromatic rings. The second-order valence-electron chi connectivity index (χ2n) is 4.30. The Balaban J connectivity index is 2.24. The van der Waals surface area contributed by atoms with Gasteiger partial charge in [-0.3, -0.25) is 0 Å². The quantitative estimate of drug-likeness (QED) is 0.852. The average Bonchev–Trinajstić information content (AvgIpc) is 2.56. The number of sulfone groups is 1. The van der Waals surface area contributed by atoms with E-state index >= 15 is 0 Å². The fourth-order valence-corrected chi connectivity index (χ4v) is 5.95. The first-order valence-electron chi connectivity index (χ1n) is 5.37. The molecule has 106 valence electrons. The van der Waals surface area contributed by atoms with Crippen molar-refractivity contribution in [3.63, 3.8) is 0 Å². The first kappa shape index (κ1) is 15.2. The van der Waals surface area contributed by atoms with E-state index in [2.05, 4.69) is 20.7 Å². The number of benzene rings is 1. The van der Waals surface area contributed by atoms with Gasteiger partial charge in [-0.25, -0.2) is 21.6 Å². The van der Waals surface area contributed by atoms with Crippen molar-refractivity contribution in [1.82, 2.24) is 4.72 Å². The van der Waals surface area contributed by atoms with Crippen LogP contribution in [0.15, 0.2) is 27.6 Å². The zero-order valence-corrected chi connectivity index (χ0v) is 13.6. The molecule has 1 aliphatic heterocycles. The van der Waals surface area contributed by atoms with E-state index < -0.39 is 25.9 Å². The van der Waals surface area contributed by atoms with Crippen LogP contribution in [-0.4, -0.2) is 34.4 Å². The molecule has 5 nitrogen and oxygen atoms in total. The maximum atomic E-state index is 12.1. The minimum atomic E-state index is -3.81. The van der Waals surface area contributed by atoms with Crippen LogP contribution in [0.1, 0.15) is 6.42 Å². The van der Waals surface area contributed by atoms with Crippen LogP contribution in [0, 0.1) is 0 Å². The number of nitrogens with one attached hydrogen (secondary N) is 1. The molecule has 0 unspecified atom stereocenters. The Morgan fingerprint density at radius 2 is 2.05 bits per heavy atom. The third kappa shape index (κ3) is 3.69. The SMILES string of the molecule is O=S1(=O)CC[C@@H](NS(=O)(=O)c2ccc(Br)cc2Cl)C1. The van der Waals surface area contributed by atoms with Crippen LogP contribution >= 0.6 is 27.5 Å². The lowest BCUT2D eigenvalue weighted by atomic mass is 10.3. The lowest BCUT2D eigenvalue weighted by molar-refractivity contribution is 0.562. The van der Waals surface area contributed by atoms with Crippen LogP contribution in [0.5, 0.6) is 0 Å². The van der Waals surface area contributed by atoms with E-state index in [0.717, 1.165) is 0 Å². The Kier molecular flexibility index (Phi) is 4.27. The largest absolute Gasteiger partial charge is 0.242 e. The number of halogens is 2. The molecule has 19 heavy (non-hydrogen) atoms. The van der Waals surface area contributed by atoms with Gasteiger partial charge in [0.25, 0.3) is 0 Å². The van der Waals surface area contributed by atoms with E-state index in [0.29, 0.717) is 4.47 Å². The standard InChI is InChI=1S/C10H11BrClNO4S2/c11-7-1-2-10(9(12)5-7)19(16,17)13-8-3-4-18(14,15)6-8/h1-2,5,8,13H,3-4,6H2/t8-/m1/s1. The van der Waals surface area contributed by atoms with Crippen LogP contribution in [0.2, 0.25) is 5.02 Å². The Hall–Kier alpha value is -0.150. The fraction of sp³-hybridized carbons (Fsp3) is 0.400. The summed E-state index contributed by atoms with van der Waals surface area (Å²) in [7, 11) is -6.94. The molecule has 0 aliphatic carbocycles. The molecule has 0 aromatic heterocycles. The Bertz CT molecular complexity index is 702. The molecule has 1 heterocycles. The van der Waals surface area contributed by atoms with Crippen LogP contribution in [-0.2, 0) is 19.9 Å². The van der Waals surface area contributed by atoms with Crippen LogP contribution in [0.25, 0.3) is 0 Å². The highest BCUT2D eigenvalue weighted by Crippen LogP contribution is 2.26. The zero-order valence-electron chi connectivity index (χ0n) is 9.64. The predicted molar refractivity (Wildman–Crippen MR) is 76.5 cm³/mol. The third-order valence-corrected chi connectivity index (χ3v) is 7.00. The van der Waals surface area contributed by atoms with E-state index in [9.17, 15) is 16.8 Å². The van der Waals surface area contributed by atoms with Gasteiger partial charge in [0.1, 0.15) is 4.90 Å². The summed E-state index contributed by atoms with van der Waals surface area (Å²) in [5, 5.41) is 0.0859. The average molecular weight is 389 g/mol. The minimum absolute atomic E-state index is 0.00819. The van der Waals surface area contributed by atoms with E-state index in [4.69, 9.17) is 11.6 Å². The molecule has 0 radical (unpaired) electrons. The maximum Gasteiger partial charge on any atom is 0.242 e. The van der Waals surface area contributed by atoms with Gasteiger partial charge in [0.05, 0.1) is 16.5 Å². The van der Waals surface area contributed by atoms with Gasteiger partial charge in [0.2, 0.25) is 10.0 Å². The summed E-state index contributed by atoms with van der Waals surface area (Å²) in [6.07, 6.45) is 0.287. The molecule has 0 spiro atoms. The summed E-state index contributed by atoms with van der Waals surface area (Å²) >= 11 is 9.08. The van der Waals surface area contributed by atoms with Crippen LogP contribution < -0.4 is 4.72 Å². The summed E-state index contributed by atoms with van der Waals surface area (Å²) in [4.78, 5) is -0.0540. The summed E-state index contributed by atoms with van der Waals surface area (Å²) in [6.45, 7) is 0. The van der Waals surface area contributed by atoms with E-state index in [1.54, 1.807) is 6.07 Å². The van der Waals surface area contributed by atoms with Crippen LogP contribution in [0.4, 0.5) is 0 Å². The topological polar surface area (TPSA) is 80.3 Å². The molecule has 9 heteroatoms. The second-order valence-corrected chi connectivity index (χ2v) is 9.53. The van der Waals surface area contributed by atoms with E-state index in [-0.39, 0.29) is 27.8 Å². The Labute approximate surface area is 125 Å². The van der Waals surface area contributed by atoms with Crippen molar-refractivity contribution in [1.29, 1.82) is 0 Å². The lowest BCUT2D eigenvalue weighted by Crippen LogP contribution is -2.35. The Morgan fingerprint density at radius 3 is 2.58 bits per heavy atom. The summed E-state index contributed by atoms with van der Waals surface area (Å²) in [5.74, 6) is -0.158. The van der Waals surface area contributed by atoms with Crippen molar-refractivity contribution < 1.29 is 16.8 Å². The zero-order chi connectivity index (χ0) is 14.3. The van der Waals surface area contributed by atoms with E-state index in [1.165, 1.54) is 12.1 Å². The monoisotopic (exact) mass is 387 g/mol. The summed E-state index contributed by atoms with van der Waals surface area (Å²) in [5.41, 5.74) is 0. The second kappa shape index (κ2) is 5.33. The number of sulfonamides is 1. The highest BCUT2D eigenvalue weighted by molar-refractivity contribution is 9.10. The van der Waals surface area contributed by atoms with Crippen molar-refractivity contribution >= 4 is 47.4 Å². The molecular formula is C10H11BrClNO4S2. The normalized spacial score (nSPS) is 22.5. The molecule has 0 bridgehead atoms. The van der Waals surface area contributed by atoms with Crippen molar-refractivity contribution in [3.8, 4) is 0 Å². The van der Waals surface area contributed by atoms with Crippen LogP contribution in [0.3, 0.4) is 0 Å². The highest BCUT2D eigenvalue weighted by Gasteiger charge is 2.32. The number of hydrogen-bond donors (Lipinski definition) is 1. The van der Waals surface area contributed by atoms with Crippen molar-refractivity contribution in [2.75, 3.05) is 11.5 Å². The van der Waals surface area contributed by atoms with Crippen molar-refractivity contribution in [3.05, 3.63) is 27.7 Å². The van der Waals surface area contributed by atoms with Gasteiger partial charge in [0, 0.05) is 10.5 Å². The van der Waals surface area contributed by atoms with Gasteiger partial charge >= 0.3 is 0 Å². The van der Waals surface area contributed by atoms with E-state index in [1.807, 2.05) is 0 Å². The third-order valence-electron chi connectivity index (χ3n) is 2.74. The number of rotatable bonds is 3. The lowest BCUT2D eigenvalue weighted by Gasteiger charge is -2.12. The first-order valence-corrected chi connectivity index (χ1v) is 9.85. The molecule has 1 aromatic carbocycles.